The van der Waals surface area contributed by atoms with Crippen LogP contribution in [0.25, 0.3) is 11.2 Å². The maximum Gasteiger partial charge on any atom is 0.278 e. The molecule has 0 bridgehead atoms. The van der Waals surface area contributed by atoms with Crippen molar-refractivity contribution in [2.24, 2.45) is 5.92 Å². The van der Waals surface area contributed by atoms with E-state index in [1.807, 2.05) is 0 Å². The molecule has 102 valence electrons. The molecule has 2 aromatic rings. The Hall–Kier alpha value is -1.89. The van der Waals surface area contributed by atoms with Gasteiger partial charge in [-0.3, -0.25) is 9.78 Å². The van der Waals surface area contributed by atoms with E-state index in [2.05, 4.69) is 32.2 Å². The van der Waals surface area contributed by atoms with Crippen LogP contribution in [0.5, 0.6) is 0 Å². The fourth-order valence-corrected chi connectivity index (χ4v) is 2.68. The van der Waals surface area contributed by atoms with Crippen molar-refractivity contribution in [3.05, 3.63) is 16.2 Å². The smallest absolute Gasteiger partial charge is 0.278 e. The SMILES string of the molecule is CCC1CCNC(c2nc3nc(N)[nH]c(=O)c3[nH]2)C1. The van der Waals surface area contributed by atoms with Gasteiger partial charge in [0.2, 0.25) is 5.95 Å². The summed E-state index contributed by atoms with van der Waals surface area (Å²) in [5, 5.41) is 3.43. The predicted molar refractivity (Wildman–Crippen MR) is 72.7 cm³/mol. The van der Waals surface area contributed by atoms with E-state index in [1.54, 1.807) is 0 Å². The minimum atomic E-state index is -0.274. The maximum atomic E-state index is 11.7. The molecule has 2 atom stereocenters. The Labute approximate surface area is 110 Å². The van der Waals surface area contributed by atoms with E-state index in [1.165, 1.54) is 12.8 Å². The van der Waals surface area contributed by atoms with E-state index in [0.717, 1.165) is 18.8 Å². The van der Waals surface area contributed by atoms with Crippen LogP contribution in [0.1, 0.15) is 38.1 Å². The fourth-order valence-electron chi connectivity index (χ4n) is 2.68. The Bertz CT molecular complexity index is 645. The third-order valence-electron chi connectivity index (χ3n) is 3.82. The molecule has 0 saturated carbocycles. The van der Waals surface area contributed by atoms with Crippen molar-refractivity contribution < 1.29 is 0 Å². The lowest BCUT2D eigenvalue weighted by Gasteiger charge is -2.28. The van der Waals surface area contributed by atoms with Crippen LogP contribution in [-0.4, -0.2) is 26.5 Å². The molecule has 3 rings (SSSR count). The van der Waals surface area contributed by atoms with Crippen LogP contribution < -0.4 is 16.6 Å². The van der Waals surface area contributed by atoms with Gasteiger partial charge in [0.15, 0.2) is 11.2 Å². The van der Waals surface area contributed by atoms with E-state index in [-0.39, 0.29) is 17.5 Å². The average molecular weight is 262 g/mol. The van der Waals surface area contributed by atoms with Crippen molar-refractivity contribution in [3.63, 3.8) is 0 Å². The highest BCUT2D eigenvalue weighted by atomic mass is 16.1. The number of anilines is 1. The van der Waals surface area contributed by atoms with Gasteiger partial charge in [-0.05, 0) is 25.3 Å². The third-order valence-corrected chi connectivity index (χ3v) is 3.82. The largest absolute Gasteiger partial charge is 0.369 e. The summed E-state index contributed by atoms with van der Waals surface area (Å²) in [7, 11) is 0. The Morgan fingerprint density at radius 2 is 2.21 bits per heavy atom. The molecule has 7 nitrogen and oxygen atoms in total. The number of nitrogens with two attached hydrogens (primary N) is 1. The molecule has 0 radical (unpaired) electrons. The van der Waals surface area contributed by atoms with Gasteiger partial charge in [0.1, 0.15) is 5.82 Å². The number of nitrogen functional groups attached to an aromatic ring is 1. The number of aromatic amines is 2. The van der Waals surface area contributed by atoms with Crippen molar-refractivity contribution in [1.82, 2.24) is 25.3 Å². The van der Waals surface area contributed by atoms with E-state index in [9.17, 15) is 4.79 Å². The molecule has 2 unspecified atom stereocenters. The molecule has 1 fully saturated rings. The highest BCUT2D eigenvalue weighted by Crippen LogP contribution is 2.28. The first-order valence-electron chi connectivity index (χ1n) is 6.66. The molecule has 3 heterocycles. The summed E-state index contributed by atoms with van der Waals surface area (Å²) in [4.78, 5) is 25.7. The van der Waals surface area contributed by atoms with Crippen molar-refractivity contribution >= 4 is 17.1 Å². The van der Waals surface area contributed by atoms with E-state index >= 15 is 0 Å². The van der Waals surface area contributed by atoms with Crippen molar-refractivity contribution in [3.8, 4) is 0 Å². The number of fused-ring (bicyclic) bond motifs is 1. The summed E-state index contributed by atoms with van der Waals surface area (Å²) in [6, 6.07) is 0.161. The molecule has 5 N–H and O–H groups in total. The molecule has 0 aromatic carbocycles. The zero-order valence-corrected chi connectivity index (χ0v) is 10.9. The zero-order chi connectivity index (χ0) is 13.4. The van der Waals surface area contributed by atoms with Crippen molar-refractivity contribution in [1.29, 1.82) is 0 Å². The standard InChI is InChI=1S/C12H18N6O/c1-2-6-3-4-14-7(5-6)9-15-8-10(16-9)17-12(13)18-11(8)19/h6-7,14H,2-5H2,1H3,(H4,13,15,16,17,18,19). The first kappa shape index (κ1) is 12.2. The van der Waals surface area contributed by atoms with E-state index in [0.29, 0.717) is 17.1 Å². The average Bonchev–Trinajstić information content (AvgIpc) is 2.83. The lowest BCUT2D eigenvalue weighted by atomic mass is 9.90. The van der Waals surface area contributed by atoms with Crippen LogP contribution in [0.4, 0.5) is 5.95 Å². The van der Waals surface area contributed by atoms with Gasteiger partial charge in [-0.2, -0.15) is 4.98 Å². The van der Waals surface area contributed by atoms with Crippen LogP contribution in [-0.2, 0) is 0 Å². The number of nitrogens with one attached hydrogen (secondary N) is 3. The molecule has 0 aliphatic carbocycles. The molecular weight excluding hydrogens is 244 g/mol. The molecule has 0 spiro atoms. The number of rotatable bonds is 2. The van der Waals surface area contributed by atoms with Crippen LogP contribution in [0, 0.1) is 5.92 Å². The summed E-state index contributed by atoms with van der Waals surface area (Å²) in [5.74, 6) is 1.58. The lowest BCUT2D eigenvalue weighted by molar-refractivity contribution is 0.292. The molecule has 0 amide bonds. The quantitative estimate of drug-likeness (QED) is 0.635. The zero-order valence-electron chi connectivity index (χ0n) is 10.9. The second kappa shape index (κ2) is 4.65. The second-order valence-corrected chi connectivity index (χ2v) is 5.08. The highest BCUT2D eigenvalue weighted by molar-refractivity contribution is 5.70. The van der Waals surface area contributed by atoms with Gasteiger partial charge in [0.05, 0.1) is 6.04 Å². The van der Waals surface area contributed by atoms with Crippen LogP contribution in [0.3, 0.4) is 0 Å². The van der Waals surface area contributed by atoms with Gasteiger partial charge in [-0.15, -0.1) is 0 Å². The maximum absolute atomic E-state index is 11.7. The van der Waals surface area contributed by atoms with Gasteiger partial charge in [0.25, 0.3) is 5.56 Å². The first-order valence-corrected chi connectivity index (χ1v) is 6.66. The van der Waals surface area contributed by atoms with Gasteiger partial charge < -0.3 is 16.0 Å². The molecule has 2 aromatic heterocycles. The molecule has 1 saturated heterocycles. The summed E-state index contributed by atoms with van der Waals surface area (Å²) in [5.41, 5.74) is 6.02. The number of hydrogen-bond donors (Lipinski definition) is 4. The lowest BCUT2D eigenvalue weighted by Crippen LogP contribution is -2.32. The monoisotopic (exact) mass is 262 g/mol. The van der Waals surface area contributed by atoms with Crippen LogP contribution in [0.2, 0.25) is 0 Å². The Kier molecular flexibility index (Phi) is 2.98. The van der Waals surface area contributed by atoms with Crippen molar-refractivity contribution in [2.75, 3.05) is 12.3 Å². The highest BCUT2D eigenvalue weighted by Gasteiger charge is 2.24. The summed E-state index contributed by atoms with van der Waals surface area (Å²) < 4.78 is 0. The Morgan fingerprint density at radius 1 is 1.37 bits per heavy atom. The number of imidazole rings is 1. The Balaban J connectivity index is 1.97. The van der Waals surface area contributed by atoms with Crippen LogP contribution >= 0.6 is 0 Å². The van der Waals surface area contributed by atoms with Gasteiger partial charge in [-0.25, -0.2) is 4.98 Å². The minimum absolute atomic E-state index is 0.0959. The van der Waals surface area contributed by atoms with E-state index < -0.39 is 0 Å². The molecule has 1 aliphatic rings. The number of aromatic nitrogens is 4. The topological polar surface area (TPSA) is 112 Å². The van der Waals surface area contributed by atoms with Crippen LogP contribution in [0.15, 0.2) is 4.79 Å². The molecule has 19 heavy (non-hydrogen) atoms. The first-order chi connectivity index (χ1) is 9.17. The fraction of sp³-hybridized carbons (Fsp3) is 0.583. The normalized spacial score (nSPS) is 23.8. The van der Waals surface area contributed by atoms with Crippen molar-refractivity contribution in [2.45, 2.75) is 32.2 Å². The number of piperidine rings is 1. The molecule has 1 aliphatic heterocycles. The second-order valence-electron chi connectivity index (χ2n) is 5.08. The van der Waals surface area contributed by atoms with Gasteiger partial charge in [-0.1, -0.05) is 13.3 Å². The number of H-pyrrole nitrogens is 2. The number of hydrogen-bond acceptors (Lipinski definition) is 5. The predicted octanol–water partition coefficient (Wildman–Crippen LogP) is 0.679. The van der Waals surface area contributed by atoms with Gasteiger partial charge in [0, 0.05) is 0 Å². The molecule has 7 heteroatoms. The summed E-state index contributed by atoms with van der Waals surface area (Å²) in [6.45, 7) is 3.19. The third kappa shape index (κ3) is 2.21. The number of nitrogens with zero attached hydrogens (tertiary/aromatic N) is 2. The summed E-state index contributed by atoms with van der Waals surface area (Å²) >= 11 is 0. The Morgan fingerprint density at radius 3 is 3.00 bits per heavy atom. The van der Waals surface area contributed by atoms with E-state index in [4.69, 9.17) is 5.73 Å². The van der Waals surface area contributed by atoms with Gasteiger partial charge >= 0.3 is 0 Å². The summed E-state index contributed by atoms with van der Waals surface area (Å²) in [6.07, 6.45) is 3.40. The molecular formula is C12H18N6O. The minimum Gasteiger partial charge on any atom is -0.369 e.